The van der Waals surface area contributed by atoms with Gasteiger partial charge in [-0.2, -0.15) is 0 Å². The molecule has 0 amide bonds. The lowest BCUT2D eigenvalue weighted by Gasteiger charge is -2.22. The lowest BCUT2D eigenvalue weighted by molar-refractivity contribution is 0.0526. The number of nitrogens with zero attached hydrogens (tertiary/aromatic N) is 2. The molecule has 112 valence electrons. The number of aliphatic hydroxyl groups excluding tert-OH is 1. The number of carbonyl (C=O) groups is 1. The van der Waals surface area contributed by atoms with Crippen LogP contribution in [0.4, 0.5) is 5.82 Å². The number of esters is 1. The molecule has 5 heteroatoms. The van der Waals surface area contributed by atoms with Gasteiger partial charge in [-0.3, -0.25) is 0 Å². The molecule has 0 atom stereocenters. The molecule has 0 radical (unpaired) electrons. The summed E-state index contributed by atoms with van der Waals surface area (Å²) in [6, 6.07) is 7.68. The monoisotopic (exact) mass is 288 g/mol. The van der Waals surface area contributed by atoms with Crippen LogP contribution in [0, 0.1) is 6.92 Å². The first-order valence-corrected chi connectivity index (χ1v) is 6.98. The molecule has 0 aliphatic heterocycles. The molecule has 0 saturated carbocycles. The summed E-state index contributed by atoms with van der Waals surface area (Å²) < 4.78 is 5.16. The summed E-state index contributed by atoms with van der Waals surface area (Å²) in [4.78, 5) is 18.6. The quantitative estimate of drug-likeness (QED) is 0.854. The Kier molecular flexibility index (Phi) is 4.75. The van der Waals surface area contributed by atoms with Gasteiger partial charge in [0.05, 0.1) is 18.7 Å². The Hall–Kier alpha value is -2.14. The average molecular weight is 288 g/mol. The molecule has 0 spiro atoms. The van der Waals surface area contributed by atoms with Crippen molar-refractivity contribution in [3.05, 3.63) is 35.4 Å². The number of ether oxygens (including phenoxy) is 1. The zero-order valence-corrected chi connectivity index (χ0v) is 12.6. The van der Waals surface area contributed by atoms with Gasteiger partial charge < -0.3 is 14.7 Å². The van der Waals surface area contributed by atoms with E-state index >= 15 is 0 Å². The summed E-state index contributed by atoms with van der Waals surface area (Å²) in [5, 5.41) is 10.1. The van der Waals surface area contributed by atoms with Crippen LogP contribution in [0.2, 0.25) is 0 Å². The Morgan fingerprint density at radius 1 is 1.38 bits per heavy atom. The molecule has 0 fully saturated rings. The Balaban J connectivity index is 2.67. The zero-order chi connectivity index (χ0) is 15.4. The number of hydrogen-bond acceptors (Lipinski definition) is 5. The molecule has 0 saturated heterocycles. The van der Waals surface area contributed by atoms with Crippen LogP contribution in [0.15, 0.2) is 24.3 Å². The molecule has 5 nitrogen and oxygen atoms in total. The summed E-state index contributed by atoms with van der Waals surface area (Å²) in [6.07, 6.45) is 0. The first kappa shape index (κ1) is 15.3. The smallest absolute Gasteiger partial charge is 0.342 e. The third kappa shape index (κ3) is 2.97. The fourth-order valence-corrected chi connectivity index (χ4v) is 2.34. The number of anilines is 1. The van der Waals surface area contributed by atoms with E-state index in [0.717, 1.165) is 16.5 Å². The van der Waals surface area contributed by atoms with E-state index in [0.29, 0.717) is 24.5 Å². The summed E-state index contributed by atoms with van der Waals surface area (Å²) in [6.45, 7) is 4.38. The molecular weight excluding hydrogens is 268 g/mol. The van der Waals surface area contributed by atoms with Crippen LogP contribution >= 0.6 is 0 Å². The van der Waals surface area contributed by atoms with Gasteiger partial charge in [-0.1, -0.05) is 18.2 Å². The lowest BCUT2D eigenvalue weighted by Crippen LogP contribution is -2.26. The third-order valence-corrected chi connectivity index (χ3v) is 3.41. The molecule has 1 aromatic carbocycles. The largest absolute Gasteiger partial charge is 0.462 e. The van der Waals surface area contributed by atoms with Crippen molar-refractivity contribution in [2.75, 3.05) is 31.7 Å². The second-order valence-corrected chi connectivity index (χ2v) is 4.82. The molecule has 1 aromatic heterocycles. The van der Waals surface area contributed by atoms with Crippen molar-refractivity contribution >= 4 is 22.7 Å². The minimum atomic E-state index is -0.381. The van der Waals surface area contributed by atoms with Gasteiger partial charge in [-0.05, 0) is 25.5 Å². The highest BCUT2D eigenvalue weighted by Crippen LogP contribution is 2.28. The number of likely N-dealkylation sites (N-methyl/N-ethyl adjacent to an activating group) is 1. The molecule has 21 heavy (non-hydrogen) atoms. The van der Waals surface area contributed by atoms with Crippen LogP contribution in [0.25, 0.3) is 10.9 Å². The number of fused-ring (bicyclic) bond motifs is 1. The molecular formula is C16H20N2O3. The number of rotatable bonds is 5. The fourth-order valence-electron chi connectivity index (χ4n) is 2.34. The van der Waals surface area contributed by atoms with E-state index in [9.17, 15) is 4.79 Å². The second-order valence-electron chi connectivity index (χ2n) is 4.82. The number of pyridine rings is 1. The predicted molar refractivity (Wildman–Crippen MR) is 82.8 cm³/mol. The van der Waals surface area contributed by atoms with E-state index in [1.54, 1.807) is 18.9 Å². The number of para-hydroxylation sites is 1. The SMILES string of the molecule is CCOC(=O)c1c(N(C)CCO)nc2ccccc2c1C. The summed E-state index contributed by atoms with van der Waals surface area (Å²) >= 11 is 0. The van der Waals surface area contributed by atoms with Crippen molar-refractivity contribution < 1.29 is 14.6 Å². The van der Waals surface area contributed by atoms with Crippen LogP contribution in [-0.4, -0.2) is 42.9 Å². The maximum Gasteiger partial charge on any atom is 0.342 e. The normalized spacial score (nSPS) is 10.7. The van der Waals surface area contributed by atoms with Crippen LogP contribution in [0.3, 0.4) is 0 Å². The fraction of sp³-hybridized carbons (Fsp3) is 0.375. The third-order valence-electron chi connectivity index (χ3n) is 3.41. The highest BCUT2D eigenvalue weighted by molar-refractivity contribution is 6.02. The van der Waals surface area contributed by atoms with E-state index in [4.69, 9.17) is 9.84 Å². The van der Waals surface area contributed by atoms with Crippen molar-refractivity contribution in [3.8, 4) is 0 Å². The van der Waals surface area contributed by atoms with E-state index in [1.165, 1.54) is 0 Å². The lowest BCUT2D eigenvalue weighted by atomic mass is 10.0. The van der Waals surface area contributed by atoms with Gasteiger partial charge in [0.2, 0.25) is 0 Å². The molecule has 0 unspecified atom stereocenters. The second kappa shape index (κ2) is 6.54. The van der Waals surface area contributed by atoms with Crippen molar-refractivity contribution in [3.63, 3.8) is 0 Å². The van der Waals surface area contributed by atoms with Gasteiger partial charge in [-0.25, -0.2) is 9.78 Å². The topological polar surface area (TPSA) is 62.7 Å². The van der Waals surface area contributed by atoms with Crippen LogP contribution in [0.5, 0.6) is 0 Å². The van der Waals surface area contributed by atoms with E-state index in [1.807, 2.05) is 31.2 Å². The predicted octanol–water partition coefficient (Wildman–Crippen LogP) is 2.15. The molecule has 0 aliphatic rings. The summed E-state index contributed by atoms with van der Waals surface area (Å²) in [5.41, 5.74) is 2.13. The zero-order valence-electron chi connectivity index (χ0n) is 12.6. The highest BCUT2D eigenvalue weighted by Gasteiger charge is 2.22. The minimum Gasteiger partial charge on any atom is -0.462 e. The van der Waals surface area contributed by atoms with E-state index in [2.05, 4.69) is 4.98 Å². The molecule has 2 aromatic rings. The maximum absolute atomic E-state index is 12.3. The number of aliphatic hydroxyl groups is 1. The first-order valence-electron chi connectivity index (χ1n) is 6.98. The highest BCUT2D eigenvalue weighted by atomic mass is 16.5. The number of aryl methyl sites for hydroxylation is 1. The van der Waals surface area contributed by atoms with Gasteiger partial charge in [0.25, 0.3) is 0 Å². The van der Waals surface area contributed by atoms with Gasteiger partial charge in [0.15, 0.2) is 0 Å². The Morgan fingerprint density at radius 3 is 2.76 bits per heavy atom. The number of aromatic nitrogens is 1. The minimum absolute atomic E-state index is 0.00762. The van der Waals surface area contributed by atoms with E-state index < -0.39 is 0 Å². The Morgan fingerprint density at radius 2 is 2.10 bits per heavy atom. The summed E-state index contributed by atoms with van der Waals surface area (Å²) in [7, 11) is 1.80. The maximum atomic E-state index is 12.3. The Bertz CT molecular complexity index is 655. The molecule has 0 bridgehead atoms. The first-order chi connectivity index (χ1) is 10.1. The van der Waals surface area contributed by atoms with Crippen molar-refractivity contribution in [1.29, 1.82) is 0 Å². The van der Waals surface area contributed by atoms with Crippen LogP contribution in [0.1, 0.15) is 22.8 Å². The molecule has 2 rings (SSSR count). The standard InChI is InChI=1S/C16H20N2O3/c1-4-21-16(20)14-11(2)12-7-5-6-8-13(12)17-15(14)18(3)9-10-19/h5-8,19H,4,9-10H2,1-3H3. The number of benzene rings is 1. The van der Waals surface area contributed by atoms with Crippen LogP contribution in [-0.2, 0) is 4.74 Å². The summed E-state index contributed by atoms with van der Waals surface area (Å²) in [5.74, 6) is 0.159. The Labute approximate surface area is 124 Å². The van der Waals surface area contributed by atoms with Gasteiger partial charge in [0, 0.05) is 19.0 Å². The van der Waals surface area contributed by atoms with Crippen molar-refractivity contribution in [2.45, 2.75) is 13.8 Å². The van der Waals surface area contributed by atoms with Gasteiger partial charge >= 0.3 is 5.97 Å². The van der Waals surface area contributed by atoms with Crippen molar-refractivity contribution in [2.24, 2.45) is 0 Å². The number of hydrogen-bond donors (Lipinski definition) is 1. The molecule has 1 N–H and O–H groups in total. The average Bonchev–Trinajstić information content (AvgIpc) is 2.47. The molecule has 0 aliphatic carbocycles. The van der Waals surface area contributed by atoms with Gasteiger partial charge in [-0.15, -0.1) is 0 Å². The molecule has 1 heterocycles. The number of carbonyl (C=O) groups excluding carboxylic acids is 1. The van der Waals surface area contributed by atoms with Crippen LogP contribution < -0.4 is 4.90 Å². The van der Waals surface area contributed by atoms with Crippen molar-refractivity contribution in [1.82, 2.24) is 4.98 Å². The van der Waals surface area contributed by atoms with E-state index in [-0.39, 0.29) is 12.6 Å². The van der Waals surface area contributed by atoms with Gasteiger partial charge in [0.1, 0.15) is 11.4 Å².